The van der Waals surface area contributed by atoms with Crippen LogP contribution in [-0.2, 0) is 12.0 Å². The van der Waals surface area contributed by atoms with E-state index in [1.807, 2.05) is 6.07 Å². The number of hydrogen-bond acceptors (Lipinski definition) is 2. The van der Waals surface area contributed by atoms with Crippen molar-refractivity contribution in [2.75, 3.05) is 0 Å². The van der Waals surface area contributed by atoms with Gasteiger partial charge in [0.15, 0.2) is 0 Å². The van der Waals surface area contributed by atoms with Gasteiger partial charge in [0.1, 0.15) is 12.4 Å². The minimum atomic E-state index is -0.180. The SMILES string of the molecule is CCCCCCC(C)(C)c1ccc([C@H]2CCC[C@@H](O)C2)c(OCc2ccccc2)c1. The van der Waals surface area contributed by atoms with Gasteiger partial charge in [-0.2, -0.15) is 0 Å². The zero-order valence-corrected chi connectivity index (χ0v) is 19.2. The predicted octanol–water partition coefficient (Wildman–Crippen LogP) is 7.53. The molecule has 164 valence electrons. The summed E-state index contributed by atoms with van der Waals surface area (Å²) in [4.78, 5) is 0. The molecule has 0 aromatic heterocycles. The summed E-state index contributed by atoms with van der Waals surface area (Å²) in [5, 5.41) is 10.2. The summed E-state index contributed by atoms with van der Waals surface area (Å²) in [6, 6.07) is 17.3. The number of unbranched alkanes of at least 4 members (excludes halogenated alkanes) is 3. The van der Waals surface area contributed by atoms with E-state index in [0.717, 1.165) is 31.4 Å². The van der Waals surface area contributed by atoms with Crippen LogP contribution in [0.3, 0.4) is 0 Å². The van der Waals surface area contributed by atoms with Crippen LogP contribution in [0.5, 0.6) is 5.75 Å². The summed E-state index contributed by atoms with van der Waals surface area (Å²) in [7, 11) is 0. The first-order valence-electron chi connectivity index (χ1n) is 12.0. The molecule has 0 amide bonds. The summed E-state index contributed by atoms with van der Waals surface area (Å²) in [5.74, 6) is 1.40. The van der Waals surface area contributed by atoms with Crippen molar-refractivity contribution < 1.29 is 9.84 Å². The lowest BCUT2D eigenvalue weighted by atomic mass is 9.77. The van der Waals surface area contributed by atoms with Crippen molar-refractivity contribution in [3.8, 4) is 5.75 Å². The molecule has 2 atom stereocenters. The standard InChI is InChI=1S/C28H40O2/c1-4-5-6-10-18-28(2,3)24-16-17-26(23-14-11-15-25(29)19-23)27(20-24)30-21-22-12-8-7-9-13-22/h7-9,12-13,16-17,20,23,25,29H,4-6,10-11,14-15,18-19,21H2,1-3H3/t23-,25+/m0/s1. The fraction of sp³-hybridized carbons (Fsp3) is 0.571. The Morgan fingerprint density at radius 2 is 1.80 bits per heavy atom. The van der Waals surface area contributed by atoms with Crippen LogP contribution in [0.4, 0.5) is 0 Å². The van der Waals surface area contributed by atoms with Crippen LogP contribution in [-0.4, -0.2) is 11.2 Å². The van der Waals surface area contributed by atoms with Crippen molar-refractivity contribution in [1.29, 1.82) is 0 Å². The molecule has 2 nitrogen and oxygen atoms in total. The first-order valence-corrected chi connectivity index (χ1v) is 12.0. The molecule has 2 aromatic rings. The van der Waals surface area contributed by atoms with E-state index in [2.05, 4.69) is 63.2 Å². The minimum Gasteiger partial charge on any atom is -0.489 e. The molecule has 0 aliphatic heterocycles. The monoisotopic (exact) mass is 408 g/mol. The number of rotatable bonds is 10. The van der Waals surface area contributed by atoms with Crippen molar-refractivity contribution >= 4 is 0 Å². The second kappa shape index (κ2) is 11.0. The number of aliphatic hydroxyl groups is 1. The molecule has 1 aliphatic rings. The summed E-state index contributed by atoms with van der Waals surface area (Å²) in [6.45, 7) is 7.57. The highest BCUT2D eigenvalue weighted by Crippen LogP contribution is 2.41. The van der Waals surface area contributed by atoms with Gasteiger partial charge in [-0.05, 0) is 59.8 Å². The largest absolute Gasteiger partial charge is 0.489 e. The lowest BCUT2D eigenvalue weighted by Gasteiger charge is -2.30. The van der Waals surface area contributed by atoms with Gasteiger partial charge in [0.25, 0.3) is 0 Å². The van der Waals surface area contributed by atoms with Crippen LogP contribution in [0.2, 0.25) is 0 Å². The molecule has 0 radical (unpaired) electrons. The second-order valence-corrected chi connectivity index (χ2v) is 9.74. The van der Waals surface area contributed by atoms with Gasteiger partial charge in [0.05, 0.1) is 6.10 Å². The average Bonchev–Trinajstić information content (AvgIpc) is 2.76. The van der Waals surface area contributed by atoms with Gasteiger partial charge >= 0.3 is 0 Å². The average molecular weight is 409 g/mol. The first-order chi connectivity index (χ1) is 14.5. The van der Waals surface area contributed by atoms with Crippen LogP contribution in [0.1, 0.15) is 101 Å². The van der Waals surface area contributed by atoms with E-state index in [-0.39, 0.29) is 11.5 Å². The molecule has 1 aliphatic carbocycles. The van der Waals surface area contributed by atoms with Crippen LogP contribution < -0.4 is 4.74 Å². The van der Waals surface area contributed by atoms with Gasteiger partial charge < -0.3 is 9.84 Å². The van der Waals surface area contributed by atoms with Crippen LogP contribution >= 0.6 is 0 Å². The number of ether oxygens (including phenoxy) is 1. The molecule has 1 fully saturated rings. The molecule has 30 heavy (non-hydrogen) atoms. The Bertz CT molecular complexity index is 765. The van der Waals surface area contributed by atoms with Gasteiger partial charge in [-0.15, -0.1) is 0 Å². The van der Waals surface area contributed by atoms with Crippen molar-refractivity contribution in [3.05, 3.63) is 65.2 Å². The molecule has 2 heteroatoms. The predicted molar refractivity (Wildman–Crippen MR) is 126 cm³/mol. The fourth-order valence-corrected chi connectivity index (χ4v) is 4.74. The van der Waals surface area contributed by atoms with Gasteiger partial charge in [-0.3, -0.25) is 0 Å². The Balaban J connectivity index is 1.81. The number of benzene rings is 2. The maximum Gasteiger partial charge on any atom is 0.123 e. The minimum absolute atomic E-state index is 0.142. The van der Waals surface area contributed by atoms with Crippen LogP contribution in [0.15, 0.2) is 48.5 Å². The lowest BCUT2D eigenvalue weighted by Crippen LogP contribution is -2.20. The van der Waals surface area contributed by atoms with Gasteiger partial charge in [-0.1, -0.05) is 95.3 Å². The highest BCUT2D eigenvalue weighted by molar-refractivity contribution is 5.43. The van der Waals surface area contributed by atoms with E-state index in [1.54, 1.807) is 0 Å². The highest BCUT2D eigenvalue weighted by Gasteiger charge is 2.27. The van der Waals surface area contributed by atoms with Crippen LogP contribution in [0.25, 0.3) is 0 Å². The summed E-state index contributed by atoms with van der Waals surface area (Å²) < 4.78 is 6.41. The molecular formula is C28H40O2. The topological polar surface area (TPSA) is 29.5 Å². The Hall–Kier alpha value is -1.80. The van der Waals surface area contributed by atoms with E-state index in [9.17, 15) is 5.11 Å². The van der Waals surface area contributed by atoms with E-state index in [1.165, 1.54) is 48.8 Å². The number of aliphatic hydroxyl groups excluding tert-OH is 1. The highest BCUT2D eigenvalue weighted by atomic mass is 16.5. The smallest absolute Gasteiger partial charge is 0.123 e. The van der Waals surface area contributed by atoms with Gasteiger partial charge in [-0.25, -0.2) is 0 Å². The molecule has 3 rings (SSSR count). The Labute approximate surface area is 183 Å². The van der Waals surface area contributed by atoms with Gasteiger partial charge in [0.2, 0.25) is 0 Å². The summed E-state index contributed by atoms with van der Waals surface area (Å²) >= 11 is 0. The summed E-state index contributed by atoms with van der Waals surface area (Å²) in [5.41, 5.74) is 3.97. The third-order valence-electron chi connectivity index (χ3n) is 6.77. The maximum atomic E-state index is 10.2. The van der Waals surface area contributed by atoms with Crippen molar-refractivity contribution in [1.82, 2.24) is 0 Å². The normalized spacial score (nSPS) is 19.6. The van der Waals surface area contributed by atoms with Gasteiger partial charge in [0, 0.05) is 0 Å². The van der Waals surface area contributed by atoms with E-state index < -0.39 is 0 Å². The second-order valence-electron chi connectivity index (χ2n) is 9.74. The molecule has 1 N–H and O–H groups in total. The number of hydrogen-bond donors (Lipinski definition) is 1. The molecule has 0 unspecified atom stereocenters. The molecule has 0 bridgehead atoms. The zero-order chi connectivity index (χ0) is 21.4. The van der Waals surface area contributed by atoms with Crippen molar-refractivity contribution in [3.63, 3.8) is 0 Å². The molecule has 0 spiro atoms. The summed E-state index contributed by atoms with van der Waals surface area (Å²) in [6.07, 6.45) is 10.2. The molecule has 0 saturated heterocycles. The zero-order valence-electron chi connectivity index (χ0n) is 19.2. The van der Waals surface area contributed by atoms with E-state index >= 15 is 0 Å². The fourth-order valence-electron chi connectivity index (χ4n) is 4.74. The molecule has 0 heterocycles. The van der Waals surface area contributed by atoms with Crippen LogP contribution in [0, 0.1) is 0 Å². The lowest BCUT2D eigenvalue weighted by molar-refractivity contribution is 0.118. The molecular weight excluding hydrogens is 368 g/mol. The van der Waals surface area contributed by atoms with E-state index in [4.69, 9.17) is 4.74 Å². The maximum absolute atomic E-state index is 10.2. The van der Waals surface area contributed by atoms with E-state index in [0.29, 0.717) is 12.5 Å². The first kappa shape index (κ1) is 22.9. The third kappa shape index (κ3) is 6.35. The quantitative estimate of drug-likeness (QED) is 0.412. The van der Waals surface area contributed by atoms with Crippen molar-refractivity contribution in [2.24, 2.45) is 0 Å². The third-order valence-corrected chi connectivity index (χ3v) is 6.77. The Morgan fingerprint density at radius 3 is 2.53 bits per heavy atom. The van der Waals surface area contributed by atoms with Crippen molar-refractivity contribution in [2.45, 2.75) is 103 Å². The Kier molecular flexibility index (Phi) is 8.39. The molecule has 1 saturated carbocycles. The molecule has 2 aromatic carbocycles. The Morgan fingerprint density at radius 1 is 1.00 bits per heavy atom.